The molecule has 0 amide bonds. The summed E-state index contributed by atoms with van der Waals surface area (Å²) in [6.07, 6.45) is 7.48. The zero-order valence-corrected chi connectivity index (χ0v) is 15.9. The highest BCUT2D eigenvalue weighted by Crippen LogP contribution is 2.41. The summed E-state index contributed by atoms with van der Waals surface area (Å²) in [5.41, 5.74) is 10.5. The van der Waals surface area contributed by atoms with Crippen LogP contribution < -0.4 is 15.8 Å². The lowest BCUT2D eigenvalue weighted by Crippen LogP contribution is -2.25. The normalized spacial score (nSPS) is 21.8. The van der Waals surface area contributed by atoms with Crippen molar-refractivity contribution in [3.63, 3.8) is 0 Å². The first-order valence-electron chi connectivity index (χ1n) is 9.76. The van der Waals surface area contributed by atoms with Crippen molar-refractivity contribution in [2.45, 2.75) is 37.8 Å². The highest BCUT2D eigenvalue weighted by molar-refractivity contribution is 5.64. The van der Waals surface area contributed by atoms with Gasteiger partial charge in [-0.3, -0.25) is 9.67 Å². The van der Waals surface area contributed by atoms with Crippen LogP contribution in [0.25, 0.3) is 11.3 Å². The fourth-order valence-corrected chi connectivity index (χ4v) is 4.36. The third-order valence-corrected chi connectivity index (χ3v) is 6.03. The van der Waals surface area contributed by atoms with Crippen LogP contribution in [0.2, 0.25) is 0 Å². The molecule has 2 atom stereocenters. The molecular formula is C21H24N6O. The molecule has 0 saturated carbocycles. The Kier molecular flexibility index (Phi) is 4.05. The van der Waals surface area contributed by atoms with Crippen LogP contribution in [0, 0.1) is 0 Å². The van der Waals surface area contributed by atoms with E-state index in [2.05, 4.69) is 26.0 Å². The fourth-order valence-electron chi connectivity index (χ4n) is 4.36. The predicted molar refractivity (Wildman–Crippen MR) is 107 cm³/mol. The summed E-state index contributed by atoms with van der Waals surface area (Å²) in [5.74, 6) is 0.958. The zero-order valence-electron chi connectivity index (χ0n) is 15.9. The molecule has 3 aromatic heterocycles. The summed E-state index contributed by atoms with van der Waals surface area (Å²) < 4.78 is 8.26. The highest BCUT2D eigenvalue weighted by Gasteiger charge is 2.42. The van der Waals surface area contributed by atoms with E-state index in [4.69, 9.17) is 15.6 Å². The summed E-state index contributed by atoms with van der Waals surface area (Å²) in [4.78, 5) is 8.41. The Morgan fingerprint density at radius 1 is 1.25 bits per heavy atom. The van der Waals surface area contributed by atoms with Crippen molar-refractivity contribution in [3.05, 3.63) is 54.1 Å². The average Bonchev–Trinajstić information content (AvgIpc) is 3.43. The molecule has 5 heterocycles. The number of aromatic nitrogens is 4. The molecule has 1 fully saturated rings. The molecule has 0 radical (unpaired) electrons. The van der Waals surface area contributed by atoms with Crippen molar-refractivity contribution in [1.82, 2.24) is 25.1 Å². The molecular weight excluding hydrogens is 352 g/mol. The van der Waals surface area contributed by atoms with E-state index in [0.717, 1.165) is 36.5 Å². The van der Waals surface area contributed by atoms with Gasteiger partial charge < -0.3 is 15.8 Å². The first-order chi connectivity index (χ1) is 13.6. The Balaban J connectivity index is 1.44. The SMILES string of the molecule is CC(Oc1cc(-c2cc3n(n2)CC[C@@]32CCNC2)cnc1N)c1ccncc1. The van der Waals surface area contributed by atoms with Crippen molar-refractivity contribution in [2.24, 2.45) is 0 Å². The molecule has 1 spiro atoms. The maximum Gasteiger partial charge on any atom is 0.166 e. The molecule has 1 saturated heterocycles. The van der Waals surface area contributed by atoms with E-state index in [1.54, 1.807) is 18.6 Å². The lowest BCUT2D eigenvalue weighted by atomic mass is 9.82. The van der Waals surface area contributed by atoms with Crippen molar-refractivity contribution in [3.8, 4) is 17.0 Å². The number of hydrogen-bond acceptors (Lipinski definition) is 6. The average molecular weight is 376 g/mol. The number of fused-ring (bicyclic) bond motifs is 2. The van der Waals surface area contributed by atoms with Crippen LogP contribution >= 0.6 is 0 Å². The Hall–Kier alpha value is -2.93. The molecule has 3 aromatic rings. The molecule has 3 N–H and O–H groups in total. The van der Waals surface area contributed by atoms with E-state index in [-0.39, 0.29) is 11.5 Å². The molecule has 2 aliphatic rings. The Bertz CT molecular complexity index is 993. The van der Waals surface area contributed by atoms with Gasteiger partial charge in [-0.2, -0.15) is 5.10 Å². The minimum Gasteiger partial charge on any atom is -0.482 e. The molecule has 28 heavy (non-hydrogen) atoms. The summed E-state index contributed by atoms with van der Waals surface area (Å²) in [5, 5.41) is 8.34. The lowest BCUT2D eigenvalue weighted by Gasteiger charge is -2.20. The van der Waals surface area contributed by atoms with Gasteiger partial charge >= 0.3 is 0 Å². The van der Waals surface area contributed by atoms with Gasteiger partial charge in [0.1, 0.15) is 6.10 Å². The van der Waals surface area contributed by atoms with Gasteiger partial charge in [0.2, 0.25) is 0 Å². The fraction of sp³-hybridized carbons (Fsp3) is 0.381. The second-order valence-corrected chi connectivity index (χ2v) is 7.74. The van der Waals surface area contributed by atoms with Gasteiger partial charge in [-0.05, 0) is 56.1 Å². The number of rotatable bonds is 4. The Morgan fingerprint density at radius 2 is 2.11 bits per heavy atom. The Labute approximate surface area is 164 Å². The second kappa shape index (κ2) is 6.60. The standard InChI is InChI=1S/C21H24N6O/c1-14(15-2-6-23-7-3-15)28-18-10-16(12-25-20(18)22)17-11-19-21(4-8-24-13-21)5-9-27(19)26-17/h2-3,6-7,10-12,14,24H,4-5,8-9,13H2,1H3,(H2,22,25)/t14?,21-/m1/s1. The minimum absolute atomic E-state index is 0.151. The van der Waals surface area contributed by atoms with Crippen LogP contribution in [0.4, 0.5) is 5.82 Å². The molecule has 2 aliphatic heterocycles. The summed E-state index contributed by atoms with van der Waals surface area (Å²) >= 11 is 0. The molecule has 7 heteroatoms. The van der Waals surface area contributed by atoms with Crippen molar-refractivity contribution < 1.29 is 4.74 Å². The molecule has 5 rings (SSSR count). The monoisotopic (exact) mass is 376 g/mol. The number of nitrogens with zero attached hydrogens (tertiary/aromatic N) is 4. The van der Waals surface area contributed by atoms with Crippen molar-refractivity contribution in [1.29, 1.82) is 0 Å². The van der Waals surface area contributed by atoms with Crippen LogP contribution in [0.15, 0.2) is 42.9 Å². The molecule has 0 aliphatic carbocycles. The van der Waals surface area contributed by atoms with E-state index in [9.17, 15) is 0 Å². The maximum absolute atomic E-state index is 6.10. The number of hydrogen-bond donors (Lipinski definition) is 2. The van der Waals surface area contributed by atoms with Gasteiger partial charge in [0.15, 0.2) is 11.6 Å². The minimum atomic E-state index is -0.151. The third kappa shape index (κ3) is 2.82. The van der Waals surface area contributed by atoms with E-state index in [1.165, 1.54) is 18.5 Å². The zero-order chi connectivity index (χ0) is 19.1. The van der Waals surface area contributed by atoms with E-state index >= 15 is 0 Å². The third-order valence-electron chi connectivity index (χ3n) is 6.03. The number of nitrogens with one attached hydrogen (secondary N) is 1. The van der Waals surface area contributed by atoms with Gasteiger partial charge in [0.05, 0.1) is 5.69 Å². The molecule has 0 aromatic carbocycles. The summed E-state index contributed by atoms with van der Waals surface area (Å²) in [7, 11) is 0. The number of anilines is 1. The largest absolute Gasteiger partial charge is 0.482 e. The summed E-state index contributed by atoms with van der Waals surface area (Å²) in [6.45, 7) is 5.08. The number of pyridine rings is 2. The summed E-state index contributed by atoms with van der Waals surface area (Å²) in [6, 6.07) is 8.03. The smallest absolute Gasteiger partial charge is 0.166 e. The second-order valence-electron chi connectivity index (χ2n) is 7.74. The van der Waals surface area contributed by atoms with E-state index in [0.29, 0.717) is 11.6 Å². The van der Waals surface area contributed by atoms with Gasteiger partial charge in [-0.1, -0.05) is 0 Å². The van der Waals surface area contributed by atoms with E-state index in [1.807, 2.05) is 25.1 Å². The number of nitrogens with two attached hydrogens (primary N) is 1. The first kappa shape index (κ1) is 17.2. The van der Waals surface area contributed by atoms with Gasteiger partial charge in [-0.15, -0.1) is 0 Å². The van der Waals surface area contributed by atoms with Gasteiger partial charge in [0, 0.05) is 48.4 Å². The van der Waals surface area contributed by atoms with Gasteiger partial charge in [-0.25, -0.2) is 4.98 Å². The van der Waals surface area contributed by atoms with Crippen LogP contribution in [0.1, 0.15) is 37.1 Å². The first-order valence-corrected chi connectivity index (χ1v) is 9.76. The molecule has 7 nitrogen and oxygen atoms in total. The van der Waals surface area contributed by atoms with Crippen molar-refractivity contribution >= 4 is 5.82 Å². The maximum atomic E-state index is 6.10. The van der Waals surface area contributed by atoms with E-state index < -0.39 is 0 Å². The highest BCUT2D eigenvalue weighted by atomic mass is 16.5. The number of nitrogen functional groups attached to an aromatic ring is 1. The molecule has 1 unspecified atom stereocenters. The number of ether oxygens (including phenoxy) is 1. The van der Waals surface area contributed by atoms with Crippen LogP contribution in [-0.4, -0.2) is 32.8 Å². The van der Waals surface area contributed by atoms with Crippen LogP contribution in [0.3, 0.4) is 0 Å². The number of aryl methyl sites for hydroxylation is 1. The van der Waals surface area contributed by atoms with Crippen molar-refractivity contribution in [2.75, 3.05) is 18.8 Å². The van der Waals surface area contributed by atoms with Gasteiger partial charge in [0.25, 0.3) is 0 Å². The topological polar surface area (TPSA) is 90.9 Å². The molecule has 0 bridgehead atoms. The quantitative estimate of drug-likeness (QED) is 0.728. The Morgan fingerprint density at radius 3 is 2.89 bits per heavy atom. The molecule has 144 valence electrons. The lowest BCUT2D eigenvalue weighted by molar-refractivity contribution is 0.227. The van der Waals surface area contributed by atoms with Crippen LogP contribution in [0.5, 0.6) is 5.75 Å². The van der Waals surface area contributed by atoms with Crippen LogP contribution in [-0.2, 0) is 12.0 Å². The predicted octanol–water partition coefficient (Wildman–Crippen LogP) is 2.70.